The first-order valence-electron chi connectivity index (χ1n) is 11.4. The van der Waals surface area contributed by atoms with Gasteiger partial charge in [-0.3, -0.25) is 9.91 Å². The van der Waals surface area contributed by atoms with Crippen molar-refractivity contribution in [1.82, 2.24) is 21.0 Å². The maximum atomic E-state index is 5.93. The van der Waals surface area contributed by atoms with Crippen LogP contribution in [0.15, 0.2) is 53.6 Å². The lowest BCUT2D eigenvalue weighted by atomic mass is 10.1. The van der Waals surface area contributed by atoms with E-state index in [-0.39, 0.29) is 0 Å². The SMILES string of the molecule is COc1ccccc1N1CCN(CCCCOc2ccc(CCN3C=NNN3)cc2)CC1. The van der Waals surface area contributed by atoms with E-state index in [9.17, 15) is 0 Å². The minimum absolute atomic E-state index is 0.764. The zero-order valence-corrected chi connectivity index (χ0v) is 18.9. The third-order valence-corrected chi connectivity index (χ3v) is 5.96. The summed E-state index contributed by atoms with van der Waals surface area (Å²) in [6.07, 6.45) is 4.93. The summed E-state index contributed by atoms with van der Waals surface area (Å²) in [7, 11) is 1.74. The van der Waals surface area contributed by atoms with Crippen LogP contribution in [0.5, 0.6) is 11.5 Å². The summed E-state index contributed by atoms with van der Waals surface area (Å²) in [6.45, 7) is 7.03. The molecule has 8 heteroatoms. The highest BCUT2D eigenvalue weighted by molar-refractivity contribution is 5.58. The lowest BCUT2D eigenvalue weighted by Crippen LogP contribution is -2.46. The van der Waals surface area contributed by atoms with Gasteiger partial charge >= 0.3 is 0 Å². The number of hydrogen-bond acceptors (Lipinski definition) is 8. The summed E-state index contributed by atoms with van der Waals surface area (Å²) in [5.74, 6) is 1.91. The molecular weight excluding hydrogens is 404 g/mol. The van der Waals surface area contributed by atoms with Crippen molar-refractivity contribution in [1.29, 1.82) is 0 Å². The Kier molecular flexibility index (Phi) is 8.05. The van der Waals surface area contributed by atoms with Crippen molar-refractivity contribution < 1.29 is 9.47 Å². The van der Waals surface area contributed by atoms with E-state index in [1.807, 2.05) is 17.1 Å². The first-order valence-corrected chi connectivity index (χ1v) is 11.4. The number of para-hydroxylation sites is 2. The summed E-state index contributed by atoms with van der Waals surface area (Å²) in [5, 5.41) is 5.82. The number of benzene rings is 2. The fourth-order valence-corrected chi connectivity index (χ4v) is 4.07. The van der Waals surface area contributed by atoms with Crippen LogP contribution in [-0.2, 0) is 6.42 Å². The van der Waals surface area contributed by atoms with Crippen molar-refractivity contribution >= 4 is 12.0 Å². The summed E-state index contributed by atoms with van der Waals surface area (Å²) < 4.78 is 11.4. The molecule has 8 nitrogen and oxygen atoms in total. The minimum atomic E-state index is 0.764. The normalized spacial score (nSPS) is 16.3. The number of nitrogens with one attached hydrogen (secondary N) is 2. The van der Waals surface area contributed by atoms with Crippen LogP contribution in [0.3, 0.4) is 0 Å². The fraction of sp³-hybridized carbons (Fsp3) is 0.458. The van der Waals surface area contributed by atoms with E-state index in [0.717, 1.165) is 76.6 Å². The Morgan fingerprint density at radius 2 is 1.75 bits per heavy atom. The largest absolute Gasteiger partial charge is 0.495 e. The molecule has 2 aromatic carbocycles. The van der Waals surface area contributed by atoms with Crippen molar-refractivity contribution in [3.63, 3.8) is 0 Å². The molecule has 0 atom stereocenters. The standard InChI is InChI=1S/C24H34N6O2/c1-31-24-7-3-2-6-23(24)29-17-15-28(16-18-29)13-4-5-19-32-22-10-8-21(9-11-22)12-14-30-20-25-26-27-30/h2-3,6-11,20,26-27H,4-5,12-19H2,1H3. The van der Waals surface area contributed by atoms with Crippen molar-refractivity contribution in [2.45, 2.75) is 19.3 Å². The van der Waals surface area contributed by atoms with Crippen molar-refractivity contribution in [3.8, 4) is 11.5 Å². The number of unbranched alkanes of at least 4 members (excludes halogenated alkanes) is 1. The van der Waals surface area contributed by atoms with E-state index in [4.69, 9.17) is 9.47 Å². The van der Waals surface area contributed by atoms with Gasteiger partial charge in [0.25, 0.3) is 0 Å². The molecule has 2 aliphatic rings. The molecule has 2 aliphatic heterocycles. The van der Waals surface area contributed by atoms with Crippen molar-refractivity contribution in [3.05, 3.63) is 54.1 Å². The van der Waals surface area contributed by atoms with Gasteiger partial charge in [-0.1, -0.05) is 24.3 Å². The monoisotopic (exact) mass is 438 g/mol. The number of ether oxygens (including phenoxy) is 2. The highest BCUT2D eigenvalue weighted by atomic mass is 16.5. The smallest absolute Gasteiger partial charge is 0.142 e. The maximum absolute atomic E-state index is 5.93. The third-order valence-electron chi connectivity index (χ3n) is 5.96. The molecule has 0 aliphatic carbocycles. The zero-order chi connectivity index (χ0) is 22.0. The Morgan fingerprint density at radius 1 is 0.938 bits per heavy atom. The zero-order valence-electron chi connectivity index (χ0n) is 18.9. The molecule has 1 saturated heterocycles. The molecule has 0 bridgehead atoms. The van der Waals surface area contributed by atoms with Crippen LogP contribution in [-0.4, -0.2) is 69.2 Å². The highest BCUT2D eigenvalue weighted by Crippen LogP contribution is 2.28. The van der Waals surface area contributed by atoms with Crippen LogP contribution < -0.4 is 25.4 Å². The van der Waals surface area contributed by atoms with E-state index < -0.39 is 0 Å². The Hall–Kier alpha value is -2.97. The molecule has 0 saturated carbocycles. The predicted molar refractivity (Wildman–Crippen MR) is 128 cm³/mol. The van der Waals surface area contributed by atoms with E-state index in [0.29, 0.717) is 0 Å². The van der Waals surface area contributed by atoms with Gasteiger partial charge in [0.1, 0.15) is 17.8 Å². The molecule has 172 valence electrons. The number of hydrogen-bond donors (Lipinski definition) is 2. The molecule has 2 N–H and O–H groups in total. The van der Waals surface area contributed by atoms with Gasteiger partial charge in [0.2, 0.25) is 0 Å². The number of anilines is 1. The van der Waals surface area contributed by atoms with Gasteiger partial charge < -0.3 is 14.4 Å². The third kappa shape index (κ3) is 6.27. The van der Waals surface area contributed by atoms with Crippen LogP contribution in [0, 0.1) is 0 Å². The first-order chi connectivity index (χ1) is 15.8. The number of nitrogens with zero attached hydrogens (tertiary/aromatic N) is 4. The average molecular weight is 439 g/mol. The Bertz CT molecular complexity index is 852. The van der Waals surface area contributed by atoms with Gasteiger partial charge in [-0.2, -0.15) is 5.10 Å². The number of rotatable bonds is 11. The molecule has 4 rings (SSSR count). The van der Waals surface area contributed by atoms with Gasteiger partial charge in [-0.15, -0.1) is 5.53 Å². The molecule has 1 fully saturated rings. The topological polar surface area (TPSA) is 64.6 Å². The average Bonchev–Trinajstić information content (AvgIpc) is 3.37. The van der Waals surface area contributed by atoms with E-state index in [1.165, 1.54) is 11.3 Å². The van der Waals surface area contributed by atoms with Crippen molar-refractivity contribution in [2.24, 2.45) is 5.10 Å². The number of hydrazone groups is 1. The van der Waals surface area contributed by atoms with Gasteiger partial charge in [-0.05, 0) is 55.6 Å². The Morgan fingerprint density at radius 3 is 2.50 bits per heavy atom. The van der Waals surface area contributed by atoms with Crippen LogP contribution in [0.2, 0.25) is 0 Å². The molecule has 0 amide bonds. The summed E-state index contributed by atoms with van der Waals surface area (Å²) >= 11 is 0. The fourth-order valence-electron chi connectivity index (χ4n) is 4.07. The maximum Gasteiger partial charge on any atom is 0.142 e. The second-order valence-corrected chi connectivity index (χ2v) is 8.11. The van der Waals surface area contributed by atoms with Crippen LogP contribution in [0.25, 0.3) is 0 Å². The number of piperazine rings is 1. The second kappa shape index (κ2) is 11.6. The molecule has 0 spiro atoms. The number of hydrazine groups is 2. The number of methoxy groups -OCH3 is 1. The molecule has 0 aromatic heterocycles. The van der Waals surface area contributed by atoms with Crippen LogP contribution in [0.4, 0.5) is 5.69 Å². The molecule has 2 aromatic rings. The summed E-state index contributed by atoms with van der Waals surface area (Å²) in [4.78, 5) is 4.98. The molecule has 32 heavy (non-hydrogen) atoms. The predicted octanol–water partition coefficient (Wildman–Crippen LogP) is 2.49. The molecule has 0 radical (unpaired) electrons. The summed E-state index contributed by atoms with van der Waals surface area (Å²) in [6, 6.07) is 16.7. The van der Waals surface area contributed by atoms with Crippen LogP contribution in [0.1, 0.15) is 18.4 Å². The quantitative estimate of drug-likeness (QED) is 0.523. The van der Waals surface area contributed by atoms with Gasteiger partial charge in [-0.25, -0.2) is 5.53 Å². The minimum Gasteiger partial charge on any atom is -0.495 e. The second-order valence-electron chi connectivity index (χ2n) is 8.11. The van der Waals surface area contributed by atoms with Crippen molar-refractivity contribution in [2.75, 3.05) is 57.9 Å². The van der Waals surface area contributed by atoms with Gasteiger partial charge in [0, 0.05) is 32.7 Å². The van der Waals surface area contributed by atoms with Crippen LogP contribution >= 0.6 is 0 Å². The Labute approximate surface area is 190 Å². The van der Waals surface area contributed by atoms with E-state index in [2.05, 4.69) is 62.4 Å². The van der Waals surface area contributed by atoms with E-state index in [1.54, 1.807) is 13.4 Å². The molecular formula is C24H34N6O2. The van der Waals surface area contributed by atoms with Gasteiger partial charge in [0.05, 0.1) is 19.4 Å². The highest BCUT2D eigenvalue weighted by Gasteiger charge is 2.19. The molecule has 2 heterocycles. The van der Waals surface area contributed by atoms with E-state index >= 15 is 0 Å². The lowest BCUT2D eigenvalue weighted by Gasteiger charge is -2.36. The molecule has 0 unspecified atom stereocenters. The lowest BCUT2D eigenvalue weighted by molar-refractivity contribution is 0.238. The summed E-state index contributed by atoms with van der Waals surface area (Å²) in [5.41, 5.74) is 8.13. The van der Waals surface area contributed by atoms with Gasteiger partial charge in [0.15, 0.2) is 0 Å². The first kappa shape index (κ1) is 22.2. The Balaban J connectivity index is 1.08.